The molecule has 2 amide bonds. The highest BCUT2D eigenvalue weighted by molar-refractivity contribution is 6.30. The van der Waals surface area contributed by atoms with Crippen LogP contribution in [0.3, 0.4) is 0 Å². The van der Waals surface area contributed by atoms with Crippen molar-refractivity contribution < 1.29 is 9.90 Å². The maximum atomic E-state index is 11.9. The quantitative estimate of drug-likeness (QED) is 0.808. The van der Waals surface area contributed by atoms with E-state index in [0.717, 1.165) is 5.56 Å². The number of urea groups is 1. The van der Waals surface area contributed by atoms with Gasteiger partial charge in [-0.25, -0.2) is 4.79 Å². The maximum Gasteiger partial charge on any atom is 0.319 e. The zero-order chi connectivity index (χ0) is 15.2. The second-order valence-electron chi connectivity index (χ2n) is 4.75. The van der Waals surface area contributed by atoms with Gasteiger partial charge in [-0.15, -0.1) is 0 Å². The monoisotopic (exact) mass is 304 g/mol. The number of amides is 2. The number of benzene rings is 2. The van der Waals surface area contributed by atoms with Gasteiger partial charge >= 0.3 is 6.03 Å². The van der Waals surface area contributed by atoms with E-state index in [9.17, 15) is 9.90 Å². The van der Waals surface area contributed by atoms with Crippen molar-refractivity contribution in [2.45, 2.75) is 19.1 Å². The summed E-state index contributed by atoms with van der Waals surface area (Å²) in [4.78, 5) is 11.9. The molecule has 2 atom stereocenters. The molecule has 0 radical (unpaired) electrons. The van der Waals surface area contributed by atoms with Crippen molar-refractivity contribution in [3.8, 4) is 0 Å². The topological polar surface area (TPSA) is 61.4 Å². The van der Waals surface area contributed by atoms with E-state index in [1.54, 1.807) is 31.2 Å². The van der Waals surface area contributed by atoms with Gasteiger partial charge in [-0.05, 0) is 36.8 Å². The SMILES string of the molecule is C[C@H](NC(=O)Nc1ccc(Cl)cc1)[C@H](O)c1ccccc1. The minimum Gasteiger partial charge on any atom is -0.386 e. The van der Waals surface area contributed by atoms with Gasteiger partial charge in [0.25, 0.3) is 0 Å². The summed E-state index contributed by atoms with van der Waals surface area (Å²) in [5.41, 5.74) is 1.40. The predicted molar refractivity (Wildman–Crippen MR) is 84.5 cm³/mol. The molecule has 0 bridgehead atoms. The number of aliphatic hydroxyl groups is 1. The second-order valence-corrected chi connectivity index (χ2v) is 5.19. The van der Waals surface area contributed by atoms with E-state index in [-0.39, 0.29) is 6.03 Å². The zero-order valence-electron chi connectivity index (χ0n) is 11.6. The van der Waals surface area contributed by atoms with Crippen LogP contribution in [0.2, 0.25) is 5.02 Å². The van der Waals surface area contributed by atoms with Crippen molar-refractivity contribution >= 4 is 23.3 Å². The summed E-state index contributed by atoms with van der Waals surface area (Å²) in [6, 6.07) is 15.2. The molecule has 0 aliphatic carbocycles. The van der Waals surface area contributed by atoms with Gasteiger partial charge in [0.05, 0.1) is 12.1 Å². The highest BCUT2D eigenvalue weighted by Gasteiger charge is 2.18. The number of hydrogen-bond acceptors (Lipinski definition) is 2. The van der Waals surface area contributed by atoms with Crippen LogP contribution >= 0.6 is 11.6 Å². The minimum absolute atomic E-state index is 0.375. The Bertz CT molecular complexity index is 587. The van der Waals surface area contributed by atoms with E-state index >= 15 is 0 Å². The van der Waals surface area contributed by atoms with E-state index in [0.29, 0.717) is 10.7 Å². The lowest BCUT2D eigenvalue weighted by Gasteiger charge is -2.20. The third-order valence-electron chi connectivity index (χ3n) is 3.08. The van der Waals surface area contributed by atoms with Gasteiger partial charge in [0.1, 0.15) is 0 Å². The lowest BCUT2D eigenvalue weighted by atomic mass is 10.0. The van der Waals surface area contributed by atoms with Crippen molar-refractivity contribution in [3.05, 3.63) is 65.2 Å². The molecule has 2 aromatic rings. The number of halogens is 1. The molecule has 0 heterocycles. The van der Waals surface area contributed by atoms with E-state index in [1.165, 1.54) is 0 Å². The molecule has 110 valence electrons. The number of nitrogens with one attached hydrogen (secondary N) is 2. The van der Waals surface area contributed by atoms with Gasteiger partial charge in [0.2, 0.25) is 0 Å². The molecule has 21 heavy (non-hydrogen) atoms. The molecule has 3 N–H and O–H groups in total. The fourth-order valence-electron chi connectivity index (χ4n) is 1.93. The van der Waals surface area contributed by atoms with Gasteiger partial charge < -0.3 is 15.7 Å². The number of rotatable bonds is 4. The van der Waals surface area contributed by atoms with Crippen LogP contribution in [0.25, 0.3) is 0 Å². The van der Waals surface area contributed by atoms with Crippen LogP contribution in [0, 0.1) is 0 Å². The number of aliphatic hydroxyl groups excluding tert-OH is 1. The first-order valence-corrected chi connectivity index (χ1v) is 7.00. The van der Waals surface area contributed by atoms with E-state index in [4.69, 9.17) is 11.6 Å². The molecule has 0 aromatic heterocycles. The van der Waals surface area contributed by atoms with Crippen molar-refractivity contribution in [3.63, 3.8) is 0 Å². The smallest absolute Gasteiger partial charge is 0.319 e. The third kappa shape index (κ3) is 4.48. The molecule has 0 saturated carbocycles. The van der Waals surface area contributed by atoms with Crippen molar-refractivity contribution in [1.82, 2.24) is 5.32 Å². The van der Waals surface area contributed by atoms with Crippen molar-refractivity contribution in [2.24, 2.45) is 0 Å². The third-order valence-corrected chi connectivity index (χ3v) is 3.33. The van der Waals surface area contributed by atoms with Crippen LogP contribution in [0.4, 0.5) is 10.5 Å². The Kier molecular flexibility index (Phi) is 5.20. The first-order chi connectivity index (χ1) is 10.1. The van der Waals surface area contributed by atoms with Gasteiger partial charge in [-0.3, -0.25) is 0 Å². The first kappa shape index (κ1) is 15.4. The van der Waals surface area contributed by atoms with Crippen molar-refractivity contribution in [1.29, 1.82) is 0 Å². The number of carbonyl (C=O) groups is 1. The van der Waals surface area contributed by atoms with Crippen LogP contribution in [-0.4, -0.2) is 17.2 Å². The normalized spacial score (nSPS) is 13.3. The highest BCUT2D eigenvalue weighted by atomic mass is 35.5. The molecule has 0 fully saturated rings. The molecule has 2 rings (SSSR count). The van der Waals surface area contributed by atoms with Gasteiger partial charge in [0.15, 0.2) is 0 Å². The number of hydrogen-bond donors (Lipinski definition) is 3. The molecule has 0 saturated heterocycles. The number of anilines is 1. The van der Waals surface area contributed by atoms with Crippen LogP contribution in [0.15, 0.2) is 54.6 Å². The molecule has 5 heteroatoms. The highest BCUT2D eigenvalue weighted by Crippen LogP contribution is 2.17. The maximum absolute atomic E-state index is 11.9. The largest absolute Gasteiger partial charge is 0.386 e. The molecule has 0 aliphatic rings. The van der Waals surface area contributed by atoms with E-state index < -0.39 is 12.1 Å². The molecule has 0 spiro atoms. The summed E-state index contributed by atoms with van der Waals surface area (Å²) in [6.07, 6.45) is -0.762. The van der Waals surface area contributed by atoms with Gasteiger partial charge in [-0.1, -0.05) is 41.9 Å². The Morgan fingerprint density at radius 1 is 1.10 bits per heavy atom. The molecule has 2 aromatic carbocycles. The minimum atomic E-state index is -0.762. The average Bonchev–Trinajstić information content (AvgIpc) is 2.49. The van der Waals surface area contributed by atoms with Gasteiger partial charge in [0, 0.05) is 10.7 Å². The Balaban J connectivity index is 1.91. The predicted octanol–water partition coefficient (Wildman–Crippen LogP) is 3.58. The summed E-state index contributed by atoms with van der Waals surface area (Å²) >= 11 is 5.78. The lowest BCUT2D eigenvalue weighted by Crippen LogP contribution is -2.39. The van der Waals surface area contributed by atoms with E-state index in [1.807, 2.05) is 30.3 Å². The fourth-order valence-corrected chi connectivity index (χ4v) is 2.05. The summed E-state index contributed by atoms with van der Waals surface area (Å²) in [5.74, 6) is 0. The summed E-state index contributed by atoms with van der Waals surface area (Å²) in [7, 11) is 0. The Labute approximate surface area is 128 Å². The van der Waals surface area contributed by atoms with Gasteiger partial charge in [-0.2, -0.15) is 0 Å². The van der Waals surface area contributed by atoms with Crippen molar-refractivity contribution in [2.75, 3.05) is 5.32 Å². The molecule has 4 nitrogen and oxygen atoms in total. The molecular formula is C16H17ClN2O2. The Hall–Kier alpha value is -2.04. The Morgan fingerprint density at radius 3 is 2.33 bits per heavy atom. The molecule has 0 unspecified atom stereocenters. The summed E-state index contributed by atoms with van der Waals surface area (Å²) in [6.45, 7) is 1.75. The zero-order valence-corrected chi connectivity index (χ0v) is 12.3. The molecular weight excluding hydrogens is 288 g/mol. The van der Waals surface area contributed by atoms with Crippen LogP contribution in [0.5, 0.6) is 0 Å². The van der Waals surface area contributed by atoms with Crippen LogP contribution in [-0.2, 0) is 0 Å². The second kappa shape index (κ2) is 7.11. The van der Waals surface area contributed by atoms with E-state index in [2.05, 4.69) is 10.6 Å². The summed E-state index contributed by atoms with van der Waals surface area (Å²) in [5, 5.41) is 16.2. The molecule has 0 aliphatic heterocycles. The standard InChI is InChI=1S/C16H17ClN2O2/c1-11(15(20)12-5-3-2-4-6-12)18-16(21)19-14-9-7-13(17)8-10-14/h2-11,15,20H,1H3,(H2,18,19,21)/t11-,15-/m0/s1. The lowest BCUT2D eigenvalue weighted by molar-refractivity contribution is 0.139. The van der Waals surface area contributed by atoms with Crippen LogP contribution < -0.4 is 10.6 Å². The fraction of sp³-hybridized carbons (Fsp3) is 0.188. The Morgan fingerprint density at radius 2 is 1.71 bits per heavy atom. The average molecular weight is 305 g/mol. The van der Waals surface area contributed by atoms with Crippen LogP contribution in [0.1, 0.15) is 18.6 Å². The summed E-state index contributed by atoms with van der Waals surface area (Å²) < 4.78 is 0. The number of carbonyl (C=O) groups excluding carboxylic acids is 1. The first-order valence-electron chi connectivity index (χ1n) is 6.62.